The van der Waals surface area contributed by atoms with Crippen molar-refractivity contribution in [1.82, 2.24) is 4.90 Å². The van der Waals surface area contributed by atoms with Crippen LogP contribution in [0.3, 0.4) is 0 Å². The molecule has 0 spiro atoms. The molecular formula is C12H16BrNO. The van der Waals surface area contributed by atoms with E-state index in [1.165, 1.54) is 0 Å². The van der Waals surface area contributed by atoms with Gasteiger partial charge in [-0.2, -0.15) is 0 Å². The number of benzene rings is 1. The first-order valence-electron chi connectivity index (χ1n) is 5.11. The Morgan fingerprint density at radius 3 is 2.67 bits per heavy atom. The Morgan fingerprint density at radius 2 is 2.07 bits per heavy atom. The Morgan fingerprint density at radius 1 is 1.40 bits per heavy atom. The molecule has 15 heavy (non-hydrogen) atoms. The van der Waals surface area contributed by atoms with E-state index < -0.39 is 0 Å². The summed E-state index contributed by atoms with van der Waals surface area (Å²) >= 11 is 3.39. The van der Waals surface area contributed by atoms with Crippen LogP contribution >= 0.6 is 15.9 Å². The van der Waals surface area contributed by atoms with Crippen LogP contribution in [0.2, 0.25) is 0 Å². The maximum absolute atomic E-state index is 11.9. The number of nitrogens with zero attached hydrogens (tertiary/aromatic N) is 1. The summed E-state index contributed by atoms with van der Waals surface area (Å²) in [5.41, 5.74) is 0.764. The molecule has 0 saturated heterocycles. The largest absolute Gasteiger partial charge is 0.299 e. The molecule has 0 N–H and O–H groups in total. The zero-order chi connectivity index (χ0) is 11.3. The van der Waals surface area contributed by atoms with E-state index in [0.717, 1.165) is 23.0 Å². The minimum atomic E-state index is 0.165. The SMILES string of the molecule is CCCN(C)CC(=O)c1ccccc1Br. The molecule has 0 aliphatic heterocycles. The summed E-state index contributed by atoms with van der Waals surface area (Å²) in [6, 6.07) is 7.55. The lowest BCUT2D eigenvalue weighted by Gasteiger charge is -2.14. The van der Waals surface area contributed by atoms with Crippen LogP contribution < -0.4 is 0 Å². The Labute approximate surface area is 99.4 Å². The number of carbonyl (C=O) groups is 1. The van der Waals surface area contributed by atoms with Gasteiger partial charge in [-0.1, -0.05) is 41.1 Å². The molecule has 0 aromatic heterocycles. The molecule has 2 nitrogen and oxygen atoms in total. The quantitative estimate of drug-likeness (QED) is 0.767. The van der Waals surface area contributed by atoms with Gasteiger partial charge >= 0.3 is 0 Å². The third-order valence-electron chi connectivity index (χ3n) is 2.19. The van der Waals surface area contributed by atoms with Crippen LogP contribution in [0.5, 0.6) is 0 Å². The van der Waals surface area contributed by atoms with Gasteiger partial charge < -0.3 is 0 Å². The van der Waals surface area contributed by atoms with Gasteiger partial charge in [-0.3, -0.25) is 9.69 Å². The van der Waals surface area contributed by atoms with Gasteiger partial charge in [-0.15, -0.1) is 0 Å². The van der Waals surface area contributed by atoms with Crippen molar-refractivity contribution in [2.24, 2.45) is 0 Å². The molecular weight excluding hydrogens is 254 g/mol. The highest BCUT2D eigenvalue weighted by Crippen LogP contribution is 2.16. The molecule has 0 bridgehead atoms. The second-order valence-electron chi connectivity index (χ2n) is 3.64. The number of likely N-dealkylation sites (N-methyl/N-ethyl adjacent to an activating group) is 1. The second-order valence-corrected chi connectivity index (χ2v) is 4.50. The standard InChI is InChI=1S/C12H16BrNO/c1-3-8-14(2)9-12(15)10-6-4-5-7-11(10)13/h4-7H,3,8-9H2,1-2H3. The van der Waals surface area contributed by atoms with Crippen molar-refractivity contribution in [3.63, 3.8) is 0 Å². The Bertz CT molecular complexity index is 338. The monoisotopic (exact) mass is 269 g/mol. The van der Waals surface area contributed by atoms with E-state index in [0.29, 0.717) is 6.54 Å². The van der Waals surface area contributed by atoms with Crippen molar-refractivity contribution in [3.8, 4) is 0 Å². The van der Waals surface area contributed by atoms with Gasteiger partial charge in [0.1, 0.15) is 0 Å². The molecule has 0 saturated carbocycles. The first-order valence-corrected chi connectivity index (χ1v) is 5.90. The topological polar surface area (TPSA) is 20.3 Å². The van der Waals surface area contributed by atoms with E-state index in [-0.39, 0.29) is 5.78 Å². The Balaban J connectivity index is 2.65. The molecule has 0 atom stereocenters. The van der Waals surface area contributed by atoms with E-state index in [2.05, 4.69) is 22.9 Å². The molecule has 82 valence electrons. The number of hydrogen-bond donors (Lipinski definition) is 0. The maximum atomic E-state index is 11.9. The van der Waals surface area contributed by atoms with Crippen LogP contribution in [0.25, 0.3) is 0 Å². The number of hydrogen-bond acceptors (Lipinski definition) is 2. The Kier molecular flexibility index (Phi) is 4.99. The fourth-order valence-corrected chi connectivity index (χ4v) is 1.98. The van der Waals surface area contributed by atoms with Crippen LogP contribution in [0, 0.1) is 0 Å². The van der Waals surface area contributed by atoms with E-state index in [1.807, 2.05) is 36.2 Å². The summed E-state index contributed by atoms with van der Waals surface area (Å²) < 4.78 is 0.875. The fraction of sp³-hybridized carbons (Fsp3) is 0.417. The van der Waals surface area contributed by atoms with Gasteiger partial charge in [0.15, 0.2) is 5.78 Å². The van der Waals surface area contributed by atoms with Gasteiger partial charge in [0.25, 0.3) is 0 Å². The van der Waals surface area contributed by atoms with Gasteiger partial charge in [-0.05, 0) is 26.1 Å². The predicted molar refractivity (Wildman–Crippen MR) is 66.3 cm³/mol. The van der Waals surface area contributed by atoms with Crippen molar-refractivity contribution in [3.05, 3.63) is 34.3 Å². The highest BCUT2D eigenvalue weighted by Gasteiger charge is 2.11. The van der Waals surface area contributed by atoms with E-state index >= 15 is 0 Å². The van der Waals surface area contributed by atoms with Crippen LogP contribution in [0.1, 0.15) is 23.7 Å². The third kappa shape index (κ3) is 3.76. The first-order chi connectivity index (χ1) is 7.15. The lowest BCUT2D eigenvalue weighted by Crippen LogP contribution is -2.26. The van der Waals surface area contributed by atoms with Gasteiger partial charge in [0.2, 0.25) is 0 Å². The molecule has 0 radical (unpaired) electrons. The van der Waals surface area contributed by atoms with E-state index in [1.54, 1.807) is 0 Å². The molecule has 0 heterocycles. The summed E-state index contributed by atoms with van der Waals surface area (Å²) in [6.07, 6.45) is 1.07. The molecule has 1 rings (SSSR count). The van der Waals surface area contributed by atoms with Crippen molar-refractivity contribution in [2.75, 3.05) is 20.1 Å². The molecule has 1 aromatic rings. The molecule has 0 fully saturated rings. The highest BCUT2D eigenvalue weighted by atomic mass is 79.9. The lowest BCUT2D eigenvalue weighted by atomic mass is 10.1. The zero-order valence-corrected chi connectivity index (χ0v) is 10.8. The number of rotatable bonds is 5. The van der Waals surface area contributed by atoms with E-state index in [4.69, 9.17) is 0 Å². The molecule has 0 aliphatic rings. The predicted octanol–water partition coefficient (Wildman–Crippen LogP) is 2.97. The molecule has 0 aliphatic carbocycles. The van der Waals surface area contributed by atoms with Gasteiger partial charge in [0, 0.05) is 10.0 Å². The van der Waals surface area contributed by atoms with Crippen LogP contribution in [0.4, 0.5) is 0 Å². The Hall–Kier alpha value is -0.670. The number of ketones is 1. The second kappa shape index (κ2) is 6.03. The van der Waals surface area contributed by atoms with Crippen molar-refractivity contribution < 1.29 is 4.79 Å². The molecule has 3 heteroatoms. The highest BCUT2D eigenvalue weighted by molar-refractivity contribution is 9.10. The number of Topliss-reactive ketones (excluding diaryl/α,β-unsaturated/α-hetero) is 1. The van der Waals surface area contributed by atoms with Crippen molar-refractivity contribution in [1.29, 1.82) is 0 Å². The molecule has 0 amide bonds. The summed E-state index contributed by atoms with van der Waals surface area (Å²) in [5.74, 6) is 0.165. The summed E-state index contributed by atoms with van der Waals surface area (Å²) in [7, 11) is 1.97. The summed E-state index contributed by atoms with van der Waals surface area (Å²) in [6.45, 7) is 3.55. The molecule has 1 aromatic carbocycles. The van der Waals surface area contributed by atoms with Gasteiger partial charge in [-0.25, -0.2) is 0 Å². The summed E-state index contributed by atoms with van der Waals surface area (Å²) in [4.78, 5) is 13.9. The van der Waals surface area contributed by atoms with Crippen LogP contribution in [0.15, 0.2) is 28.7 Å². The summed E-state index contributed by atoms with van der Waals surface area (Å²) in [5, 5.41) is 0. The average Bonchev–Trinajstić information content (AvgIpc) is 2.18. The normalized spacial score (nSPS) is 10.7. The fourth-order valence-electron chi connectivity index (χ4n) is 1.48. The van der Waals surface area contributed by atoms with Crippen molar-refractivity contribution in [2.45, 2.75) is 13.3 Å². The van der Waals surface area contributed by atoms with Crippen molar-refractivity contribution >= 4 is 21.7 Å². The van der Waals surface area contributed by atoms with E-state index in [9.17, 15) is 4.79 Å². The third-order valence-corrected chi connectivity index (χ3v) is 2.88. The zero-order valence-electron chi connectivity index (χ0n) is 9.16. The maximum Gasteiger partial charge on any atom is 0.177 e. The number of halogens is 1. The number of carbonyl (C=O) groups excluding carboxylic acids is 1. The minimum absolute atomic E-state index is 0.165. The van der Waals surface area contributed by atoms with Crippen LogP contribution in [-0.4, -0.2) is 30.8 Å². The minimum Gasteiger partial charge on any atom is -0.299 e. The first kappa shape index (κ1) is 12.4. The van der Waals surface area contributed by atoms with Crippen LogP contribution in [-0.2, 0) is 0 Å². The molecule has 0 unspecified atom stereocenters. The average molecular weight is 270 g/mol. The smallest absolute Gasteiger partial charge is 0.177 e. The van der Waals surface area contributed by atoms with Gasteiger partial charge in [0.05, 0.1) is 6.54 Å². The lowest BCUT2D eigenvalue weighted by molar-refractivity contribution is 0.0945.